The first kappa shape index (κ1) is 19.7. The van der Waals surface area contributed by atoms with Gasteiger partial charge in [-0.2, -0.15) is 18.3 Å². The Hall–Kier alpha value is -3.04. The van der Waals surface area contributed by atoms with Crippen LogP contribution >= 0.6 is 0 Å². The number of nitrogens with one attached hydrogen (secondary N) is 1. The molecule has 0 aliphatic heterocycles. The molecule has 150 valence electrons. The van der Waals surface area contributed by atoms with E-state index in [1.165, 1.54) is 12.1 Å². The highest BCUT2D eigenvalue weighted by atomic mass is 19.4. The fraction of sp³-hybridized carbons (Fsp3) is 0.389. The highest BCUT2D eigenvalue weighted by Gasteiger charge is 2.30. The van der Waals surface area contributed by atoms with E-state index in [-0.39, 0.29) is 23.2 Å². The molecule has 0 atom stereocenters. The van der Waals surface area contributed by atoms with Gasteiger partial charge in [-0.3, -0.25) is 9.48 Å². The fourth-order valence-electron chi connectivity index (χ4n) is 2.64. The summed E-state index contributed by atoms with van der Waals surface area (Å²) in [5.41, 5.74) is 0.783. The molecule has 0 aliphatic rings. The number of hydrogen-bond donors (Lipinski definition) is 1. The lowest BCUT2D eigenvalue weighted by Gasteiger charge is -2.11. The summed E-state index contributed by atoms with van der Waals surface area (Å²) in [7, 11) is 0. The molecule has 1 amide bonds. The average Bonchev–Trinajstić information content (AvgIpc) is 3.19. The molecule has 0 aliphatic carbocycles. The van der Waals surface area contributed by atoms with Crippen molar-refractivity contribution in [2.45, 2.75) is 46.0 Å². The van der Waals surface area contributed by atoms with Crippen molar-refractivity contribution in [2.24, 2.45) is 0 Å². The number of benzene rings is 1. The van der Waals surface area contributed by atoms with Crippen LogP contribution in [0.2, 0.25) is 0 Å². The van der Waals surface area contributed by atoms with E-state index in [0.29, 0.717) is 23.3 Å². The predicted molar refractivity (Wildman–Crippen MR) is 95.4 cm³/mol. The van der Waals surface area contributed by atoms with Crippen molar-refractivity contribution < 1.29 is 27.2 Å². The molecule has 28 heavy (non-hydrogen) atoms. The lowest BCUT2D eigenvalue weighted by molar-refractivity contribution is -0.141. The minimum Gasteiger partial charge on any atom is -0.491 e. The molecule has 10 heteroatoms. The molecule has 0 unspecified atom stereocenters. The van der Waals surface area contributed by atoms with E-state index in [0.717, 1.165) is 4.68 Å². The van der Waals surface area contributed by atoms with Crippen molar-refractivity contribution >= 4 is 22.6 Å². The second-order valence-corrected chi connectivity index (χ2v) is 6.46. The number of fused-ring (bicyclic) bond motifs is 1. The van der Waals surface area contributed by atoms with Gasteiger partial charge in [0.25, 0.3) is 5.91 Å². The van der Waals surface area contributed by atoms with Gasteiger partial charge in [-0.1, -0.05) is 12.1 Å². The van der Waals surface area contributed by atoms with Crippen LogP contribution in [0.3, 0.4) is 0 Å². The van der Waals surface area contributed by atoms with Crippen molar-refractivity contribution in [1.82, 2.24) is 14.9 Å². The van der Waals surface area contributed by atoms with Gasteiger partial charge in [-0.05, 0) is 32.4 Å². The summed E-state index contributed by atoms with van der Waals surface area (Å²) in [4.78, 5) is 12.4. The van der Waals surface area contributed by atoms with Gasteiger partial charge in [-0.25, -0.2) is 0 Å². The lowest BCUT2D eigenvalue weighted by Crippen LogP contribution is -2.19. The Balaban J connectivity index is 1.98. The van der Waals surface area contributed by atoms with Gasteiger partial charge in [0.2, 0.25) is 5.76 Å². The second kappa shape index (κ2) is 7.53. The molecule has 0 fully saturated rings. The van der Waals surface area contributed by atoms with E-state index in [1.54, 1.807) is 12.1 Å². The Bertz CT molecular complexity index is 992. The Labute approximate surface area is 158 Å². The number of carbonyl (C=O) groups excluding carboxylic acids is 1. The molecule has 0 saturated carbocycles. The van der Waals surface area contributed by atoms with Crippen molar-refractivity contribution in [3.8, 4) is 5.75 Å². The Morgan fingerprint density at radius 3 is 2.68 bits per heavy atom. The number of carbonyl (C=O) groups is 1. The molecule has 1 N–H and O–H groups in total. The number of halogens is 3. The van der Waals surface area contributed by atoms with E-state index in [1.807, 2.05) is 20.8 Å². The molecule has 3 aromatic rings. The third-order valence-electron chi connectivity index (χ3n) is 3.80. The summed E-state index contributed by atoms with van der Waals surface area (Å²) in [6, 6.07) is 6.10. The van der Waals surface area contributed by atoms with E-state index in [2.05, 4.69) is 15.6 Å². The van der Waals surface area contributed by atoms with Gasteiger partial charge in [-0.15, -0.1) is 0 Å². The van der Waals surface area contributed by atoms with Crippen LogP contribution < -0.4 is 10.1 Å². The monoisotopic (exact) mass is 396 g/mol. The summed E-state index contributed by atoms with van der Waals surface area (Å²) in [5, 5.41) is 10.5. The summed E-state index contributed by atoms with van der Waals surface area (Å²) in [6.07, 6.45) is -4.04. The van der Waals surface area contributed by atoms with E-state index >= 15 is 0 Å². The predicted octanol–water partition coefficient (Wildman–Crippen LogP) is 4.19. The van der Waals surface area contributed by atoms with Crippen LogP contribution in [0.25, 0.3) is 10.9 Å². The maximum Gasteiger partial charge on any atom is 0.408 e. The highest BCUT2D eigenvalue weighted by Crippen LogP contribution is 2.30. The Kier molecular flexibility index (Phi) is 5.30. The molecule has 7 nitrogen and oxygen atoms in total. The lowest BCUT2D eigenvalue weighted by atomic mass is 10.2. The van der Waals surface area contributed by atoms with Crippen LogP contribution in [0, 0.1) is 0 Å². The number of alkyl halides is 3. The van der Waals surface area contributed by atoms with Gasteiger partial charge in [0.1, 0.15) is 12.3 Å². The maximum atomic E-state index is 13.0. The first-order chi connectivity index (χ1) is 13.2. The van der Waals surface area contributed by atoms with Crippen molar-refractivity contribution in [2.75, 3.05) is 5.32 Å². The number of aromatic nitrogens is 3. The summed E-state index contributed by atoms with van der Waals surface area (Å²) < 4.78 is 50.2. The molecule has 0 bridgehead atoms. The number of aryl methyl sites for hydroxylation is 1. The van der Waals surface area contributed by atoms with Crippen molar-refractivity contribution in [3.05, 3.63) is 35.7 Å². The van der Waals surface area contributed by atoms with Crippen molar-refractivity contribution in [3.63, 3.8) is 0 Å². The normalized spacial score (nSPS) is 12.0. The number of ether oxygens (including phenoxy) is 1. The van der Waals surface area contributed by atoms with Gasteiger partial charge in [0.05, 0.1) is 17.3 Å². The van der Waals surface area contributed by atoms with Crippen molar-refractivity contribution in [1.29, 1.82) is 0 Å². The van der Waals surface area contributed by atoms with Crippen LogP contribution in [0.4, 0.5) is 19.0 Å². The maximum absolute atomic E-state index is 13.0. The third-order valence-corrected chi connectivity index (χ3v) is 3.80. The zero-order chi connectivity index (χ0) is 20.5. The molecular formula is C18H19F3N4O3. The second-order valence-electron chi connectivity index (χ2n) is 6.46. The van der Waals surface area contributed by atoms with Crippen LogP contribution in [0.15, 0.2) is 28.8 Å². The first-order valence-corrected chi connectivity index (χ1v) is 8.67. The van der Waals surface area contributed by atoms with Crippen LogP contribution in [-0.4, -0.2) is 33.1 Å². The van der Waals surface area contributed by atoms with Crippen LogP contribution in [-0.2, 0) is 13.0 Å². The summed E-state index contributed by atoms with van der Waals surface area (Å²) in [6.45, 7) is 4.17. The molecule has 1 aromatic carbocycles. The summed E-state index contributed by atoms with van der Waals surface area (Å²) in [5.74, 6) is -0.287. The molecule has 2 heterocycles. The Morgan fingerprint density at radius 1 is 1.32 bits per heavy atom. The zero-order valence-corrected chi connectivity index (χ0v) is 15.5. The molecule has 0 spiro atoms. The standard InChI is InChI=1S/C18H19F3N4O3/c1-4-11-7-15(28-24-11)17(26)22-16-13-6-5-12(27-10(2)3)8-14(13)25(23-16)9-18(19,20)21/h5-8,10H,4,9H2,1-3H3,(H,22,23,26). The Morgan fingerprint density at radius 2 is 2.07 bits per heavy atom. The quantitative estimate of drug-likeness (QED) is 0.676. The number of anilines is 1. The summed E-state index contributed by atoms with van der Waals surface area (Å²) >= 11 is 0. The number of hydrogen-bond acceptors (Lipinski definition) is 5. The van der Waals surface area contributed by atoms with E-state index < -0.39 is 18.6 Å². The smallest absolute Gasteiger partial charge is 0.408 e. The minimum atomic E-state index is -4.48. The van der Waals surface area contributed by atoms with Crippen LogP contribution in [0.1, 0.15) is 37.0 Å². The number of nitrogens with zero attached hydrogens (tertiary/aromatic N) is 3. The van der Waals surface area contributed by atoms with Gasteiger partial charge in [0.15, 0.2) is 5.82 Å². The molecule has 0 saturated heterocycles. The highest BCUT2D eigenvalue weighted by molar-refractivity contribution is 6.06. The SMILES string of the molecule is CCc1cc(C(=O)Nc2nn(CC(F)(F)F)c3cc(OC(C)C)ccc23)on1. The van der Waals surface area contributed by atoms with Gasteiger partial charge >= 0.3 is 6.18 Å². The average molecular weight is 396 g/mol. The minimum absolute atomic E-state index is 0.00482. The third kappa shape index (κ3) is 4.44. The largest absolute Gasteiger partial charge is 0.491 e. The fourth-order valence-corrected chi connectivity index (χ4v) is 2.64. The van der Waals surface area contributed by atoms with Crippen LogP contribution in [0.5, 0.6) is 5.75 Å². The zero-order valence-electron chi connectivity index (χ0n) is 15.5. The van der Waals surface area contributed by atoms with Gasteiger partial charge < -0.3 is 14.6 Å². The number of rotatable bonds is 6. The van der Waals surface area contributed by atoms with E-state index in [4.69, 9.17) is 9.26 Å². The molecular weight excluding hydrogens is 377 g/mol. The molecule has 3 rings (SSSR count). The number of amides is 1. The molecule has 0 radical (unpaired) electrons. The first-order valence-electron chi connectivity index (χ1n) is 8.67. The molecule has 2 aromatic heterocycles. The topological polar surface area (TPSA) is 82.2 Å². The van der Waals surface area contributed by atoms with E-state index in [9.17, 15) is 18.0 Å². The van der Waals surface area contributed by atoms with Gasteiger partial charge in [0, 0.05) is 17.5 Å².